The molecule has 0 aliphatic rings. The predicted octanol–water partition coefficient (Wildman–Crippen LogP) is -0.160. The molecule has 0 saturated carbocycles. The fourth-order valence-electron chi connectivity index (χ4n) is 0.941. The van der Waals surface area contributed by atoms with Gasteiger partial charge in [-0.2, -0.15) is 0 Å². The van der Waals surface area contributed by atoms with Crippen molar-refractivity contribution in [1.29, 1.82) is 0 Å². The Hall–Kier alpha value is -1.19. The summed E-state index contributed by atoms with van der Waals surface area (Å²) in [6, 6.07) is 0. The predicted molar refractivity (Wildman–Crippen MR) is 66.5 cm³/mol. The zero-order chi connectivity index (χ0) is 15.0. The van der Waals surface area contributed by atoms with Gasteiger partial charge < -0.3 is 24.4 Å². The molecular weight excluding hydrogens is 278 g/mol. The van der Waals surface area contributed by atoms with Crippen molar-refractivity contribution in [1.82, 2.24) is 5.32 Å². The first-order valence-electron chi connectivity index (χ1n) is 5.62. The second-order valence-corrected chi connectivity index (χ2v) is 5.06. The fraction of sp³-hybridized carbons (Fsp3) is 0.800. The molecule has 0 fully saturated rings. The first kappa shape index (κ1) is 17.8. The van der Waals surface area contributed by atoms with Gasteiger partial charge in [0, 0.05) is 13.5 Å². The number of ether oxygens (including phenoxy) is 2. The Balaban J connectivity index is 3.91. The molecule has 0 rings (SSSR count). The van der Waals surface area contributed by atoms with Crippen LogP contribution >= 0.6 is 0 Å². The molecule has 0 aliphatic carbocycles. The smallest absolute Gasteiger partial charge is 0.410 e. The summed E-state index contributed by atoms with van der Waals surface area (Å²) in [4.78, 5) is 22.4. The van der Waals surface area contributed by atoms with E-state index in [1.54, 1.807) is 13.8 Å². The monoisotopic (exact) mass is 297 g/mol. The van der Waals surface area contributed by atoms with Crippen LogP contribution in [0, 0.1) is 5.92 Å². The maximum Gasteiger partial charge on any atom is 0.410 e. The van der Waals surface area contributed by atoms with Crippen LogP contribution in [0.15, 0.2) is 0 Å². The minimum Gasteiger partial charge on any atom is -0.425 e. The van der Waals surface area contributed by atoms with Crippen LogP contribution in [-0.2, 0) is 25.3 Å². The SMILES string of the molecule is CC(OC(=O)NC[C@@H](O)CS(=O)O)OC(=O)C(C)C. The van der Waals surface area contributed by atoms with E-state index in [1.165, 1.54) is 6.92 Å². The highest BCUT2D eigenvalue weighted by atomic mass is 32.2. The van der Waals surface area contributed by atoms with Crippen molar-refractivity contribution in [2.45, 2.75) is 33.2 Å². The van der Waals surface area contributed by atoms with Gasteiger partial charge in [-0.25, -0.2) is 9.00 Å². The summed E-state index contributed by atoms with van der Waals surface area (Å²) < 4.78 is 28.3. The van der Waals surface area contributed by atoms with Crippen molar-refractivity contribution in [3.63, 3.8) is 0 Å². The number of carbonyl (C=O) groups excluding carboxylic acids is 2. The summed E-state index contributed by atoms with van der Waals surface area (Å²) in [6.45, 7) is 4.41. The molecule has 0 aromatic rings. The zero-order valence-corrected chi connectivity index (χ0v) is 11.8. The van der Waals surface area contributed by atoms with E-state index < -0.39 is 35.5 Å². The lowest BCUT2D eigenvalue weighted by atomic mass is 10.2. The quantitative estimate of drug-likeness (QED) is 0.339. The van der Waals surface area contributed by atoms with Gasteiger partial charge in [-0.15, -0.1) is 0 Å². The number of hydrogen-bond acceptors (Lipinski definition) is 6. The Labute approximate surface area is 113 Å². The molecule has 0 spiro atoms. The Morgan fingerprint density at radius 3 is 2.32 bits per heavy atom. The number of nitrogens with one attached hydrogen (secondary N) is 1. The van der Waals surface area contributed by atoms with Crippen molar-refractivity contribution < 1.29 is 32.9 Å². The van der Waals surface area contributed by atoms with Gasteiger partial charge >= 0.3 is 12.1 Å². The van der Waals surface area contributed by atoms with Gasteiger partial charge in [0.1, 0.15) is 0 Å². The Kier molecular flexibility index (Phi) is 8.28. The number of aliphatic hydroxyl groups excluding tert-OH is 1. The van der Waals surface area contributed by atoms with Crippen LogP contribution < -0.4 is 5.32 Å². The average molecular weight is 297 g/mol. The summed E-state index contributed by atoms with van der Waals surface area (Å²) in [6.07, 6.45) is -3.11. The number of rotatable bonds is 7. The van der Waals surface area contributed by atoms with Crippen molar-refractivity contribution in [3.05, 3.63) is 0 Å². The summed E-state index contributed by atoms with van der Waals surface area (Å²) in [7, 11) is 0. The second kappa shape index (κ2) is 8.83. The van der Waals surface area contributed by atoms with Crippen molar-refractivity contribution >= 4 is 23.1 Å². The first-order valence-corrected chi connectivity index (χ1v) is 6.90. The van der Waals surface area contributed by atoms with E-state index in [2.05, 4.69) is 10.1 Å². The van der Waals surface area contributed by atoms with Gasteiger partial charge in [0.15, 0.2) is 11.1 Å². The van der Waals surface area contributed by atoms with Crippen LogP contribution in [0.2, 0.25) is 0 Å². The van der Waals surface area contributed by atoms with E-state index in [1.807, 2.05) is 0 Å². The average Bonchev–Trinajstić information content (AvgIpc) is 2.24. The van der Waals surface area contributed by atoms with Crippen molar-refractivity contribution in [3.8, 4) is 0 Å². The van der Waals surface area contributed by atoms with Crippen LogP contribution in [0.25, 0.3) is 0 Å². The van der Waals surface area contributed by atoms with Gasteiger partial charge in [-0.1, -0.05) is 13.8 Å². The third-order valence-electron chi connectivity index (χ3n) is 1.84. The molecule has 0 aliphatic heterocycles. The highest BCUT2D eigenvalue weighted by molar-refractivity contribution is 7.79. The van der Waals surface area contributed by atoms with E-state index in [-0.39, 0.29) is 18.2 Å². The lowest BCUT2D eigenvalue weighted by Crippen LogP contribution is -2.37. The Morgan fingerprint density at radius 1 is 1.26 bits per heavy atom. The summed E-state index contributed by atoms with van der Waals surface area (Å²) >= 11 is -2.15. The topological polar surface area (TPSA) is 122 Å². The molecule has 3 atom stereocenters. The van der Waals surface area contributed by atoms with Crippen LogP contribution in [-0.4, -0.2) is 50.6 Å². The van der Waals surface area contributed by atoms with E-state index in [4.69, 9.17) is 9.29 Å². The molecule has 0 bridgehead atoms. The van der Waals surface area contributed by atoms with Crippen LogP contribution in [0.4, 0.5) is 4.79 Å². The lowest BCUT2D eigenvalue weighted by molar-refractivity contribution is -0.168. The zero-order valence-electron chi connectivity index (χ0n) is 11.0. The molecule has 2 unspecified atom stereocenters. The maximum absolute atomic E-state index is 11.2. The standard InChI is InChI=1S/C10H19NO7S/c1-6(2)9(13)17-7(3)18-10(14)11-4-8(12)5-19(15)16/h6-8,12H,4-5H2,1-3H3,(H,11,14)(H,15,16)/t7?,8-/m1/s1. The van der Waals surface area contributed by atoms with Crippen molar-refractivity contribution in [2.75, 3.05) is 12.3 Å². The maximum atomic E-state index is 11.2. The number of hydrogen-bond donors (Lipinski definition) is 3. The highest BCUT2D eigenvalue weighted by Gasteiger charge is 2.17. The largest absolute Gasteiger partial charge is 0.425 e. The highest BCUT2D eigenvalue weighted by Crippen LogP contribution is 2.01. The normalized spacial score (nSPS) is 15.5. The molecule has 0 aromatic heterocycles. The molecule has 112 valence electrons. The van der Waals surface area contributed by atoms with E-state index in [0.29, 0.717) is 0 Å². The first-order chi connectivity index (χ1) is 8.72. The Bertz CT molecular complexity index is 334. The number of aliphatic hydroxyl groups is 1. The summed E-state index contributed by atoms with van der Waals surface area (Å²) in [5, 5.41) is 11.4. The minimum absolute atomic E-state index is 0.240. The molecule has 19 heavy (non-hydrogen) atoms. The van der Waals surface area contributed by atoms with Crippen LogP contribution in [0.3, 0.4) is 0 Å². The third kappa shape index (κ3) is 9.40. The van der Waals surface area contributed by atoms with Gasteiger partial charge in [0.2, 0.25) is 6.29 Å². The van der Waals surface area contributed by atoms with E-state index >= 15 is 0 Å². The van der Waals surface area contributed by atoms with Gasteiger partial charge in [-0.05, 0) is 0 Å². The molecule has 9 heteroatoms. The molecule has 3 N–H and O–H groups in total. The Morgan fingerprint density at radius 2 is 1.84 bits per heavy atom. The third-order valence-corrected chi connectivity index (χ3v) is 2.51. The van der Waals surface area contributed by atoms with Crippen molar-refractivity contribution in [2.24, 2.45) is 5.92 Å². The van der Waals surface area contributed by atoms with Gasteiger partial charge in [0.25, 0.3) is 0 Å². The summed E-state index contributed by atoms with van der Waals surface area (Å²) in [5.74, 6) is -1.22. The molecule has 0 radical (unpaired) electrons. The molecule has 0 aromatic carbocycles. The minimum atomic E-state index is -2.15. The molecule has 0 saturated heterocycles. The van der Waals surface area contributed by atoms with E-state index in [9.17, 15) is 18.9 Å². The van der Waals surface area contributed by atoms with E-state index in [0.717, 1.165) is 0 Å². The second-order valence-electron chi connectivity index (χ2n) is 4.09. The molecule has 0 heterocycles. The van der Waals surface area contributed by atoms with Crippen LogP contribution in [0.1, 0.15) is 20.8 Å². The molecule has 8 nitrogen and oxygen atoms in total. The number of alkyl carbamates (subject to hydrolysis) is 1. The number of esters is 1. The number of carbonyl (C=O) groups is 2. The fourth-order valence-corrected chi connectivity index (χ4v) is 1.39. The lowest BCUT2D eigenvalue weighted by Gasteiger charge is -2.16. The van der Waals surface area contributed by atoms with Gasteiger partial charge in [0.05, 0.1) is 17.8 Å². The number of amides is 1. The van der Waals surface area contributed by atoms with Gasteiger partial charge in [-0.3, -0.25) is 4.79 Å². The summed E-state index contributed by atoms with van der Waals surface area (Å²) in [5.41, 5.74) is 0. The molecular formula is C10H19NO7S. The van der Waals surface area contributed by atoms with Crippen LogP contribution in [0.5, 0.6) is 0 Å². The molecule has 1 amide bonds.